The van der Waals surface area contributed by atoms with Gasteiger partial charge in [-0.05, 0) is 12.1 Å². The first-order valence-electron chi connectivity index (χ1n) is 7.74. The van der Waals surface area contributed by atoms with E-state index in [2.05, 4.69) is 14.9 Å². The van der Waals surface area contributed by atoms with Crippen LogP contribution in [0.2, 0.25) is 5.02 Å². The van der Waals surface area contributed by atoms with Crippen molar-refractivity contribution in [2.45, 2.75) is 26.0 Å². The molecule has 23 heavy (non-hydrogen) atoms. The lowest BCUT2D eigenvalue weighted by atomic mass is 10.1. The molecule has 1 unspecified atom stereocenters. The largest absolute Gasteiger partial charge is 0.371 e. The van der Waals surface area contributed by atoms with Gasteiger partial charge >= 0.3 is 0 Å². The van der Waals surface area contributed by atoms with E-state index in [9.17, 15) is 4.39 Å². The second-order valence-corrected chi connectivity index (χ2v) is 6.03. The number of rotatable bonds is 4. The highest BCUT2D eigenvalue weighted by atomic mass is 35.5. The Morgan fingerprint density at radius 1 is 1.35 bits per heavy atom. The zero-order valence-electron chi connectivity index (χ0n) is 13.0. The van der Waals surface area contributed by atoms with Crippen molar-refractivity contribution >= 4 is 11.6 Å². The van der Waals surface area contributed by atoms with Crippen molar-refractivity contribution in [1.82, 2.24) is 14.9 Å². The van der Waals surface area contributed by atoms with Gasteiger partial charge in [-0.2, -0.15) is 0 Å². The SMILES string of the molecule is CCc1ncc(CN2CCOC(c3ccc(F)cc3Cl)C2)cn1. The quantitative estimate of drug-likeness (QED) is 0.858. The summed E-state index contributed by atoms with van der Waals surface area (Å²) in [6.45, 7) is 4.97. The summed E-state index contributed by atoms with van der Waals surface area (Å²) >= 11 is 6.15. The fourth-order valence-corrected chi connectivity index (χ4v) is 2.99. The summed E-state index contributed by atoms with van der Waals surface area (Å²) < 4.78 is 19.0. The lowest BCUT2D eigenvalue weighted by Gasteiger charge is -2.33. The van der Waals surface area contributed by atoms with Crippen LogP contribution in [0.15, 0.2) is 30.6 Å². The van der Waals surface area contributed by atoms with Gasteiger partial charge in [0.2, 0.25) is 0 Å². The summed E-state index contributed by atoms with van der Waals surface area (Å²) in [6.07, 6.45) is 4.44. The molecule has 1 aliphatic heterocycles. The van der Waals surface area contributed by atoms with Crippen molar-refractivity contribution in [3.05, 3.63) is 58.4 Å². The summed E-state index contributed by atoms with van der Waals surface area (Å²) in [5.74, 6) is 0.520. The minimum Gasteiger partial charge on any atom is -0.371 e. The van der Waals surface area contributed by atoms with Gasteiger partial charge in [0, 0.05) is 54.6 Å². The van der Waals surface area contributed by atoms with Crippen LogP contribution >= 0.6 is 11.6 Å². The maximum atomic E-state index is 13.2. The van der Waals surface area contributed by atoms with Crippen molar-refractivity contribution in [2.24, 2.45) is 0 Å². The molecule has 1 saturated heterocycles. The molecule has 1 fully saturated rings. The van der Waals surface area contributed by atoms with E-state index in [1.165, 1.54) is 12.1 Å². The van der Waals surface area contributed by atoms with E-state index in [1.54, 1.807) is 6.07 Å². The van der Waals surface area contributed by atoms with Crippen LogP contribution in [0.4, 0.5) is 4.39 Å². The molecule has 1 aromatic carbocycles. The zero-order valence-corrected chi connectivity index (χ0v) is 13.8. The molecule has 1 atom stereocenters. The Hall–Kier alpha value is -1.56. The third kappa shape index (κ3) is 4.05. The molecule has 122 valence electrons. The number of morpholine rings is 1. The van der Waals surface area contributed by atoms with Crippen LogP contribution in [0.3, 0.4) is 0 Å². The number of hydrogen-bond acceptors (Lipinski definition) is 4. The molecular weight excluding hydrogens is 317 g/mol. The minimum atomic E-state index is -0.334. The summed E-state index contributed by atoms with van der Waals surface area (Å²) in [5.41, 5.74) is 1.91. The Morgan fingerprint density at radius 2 is 2.13 bits per heavy atom. The number of halogens is 2. The monoisotopic (exact) mass is 335 g/mol. The molecule has 1 aromatic heterocycles. The molecule has 4 nitrogen and oxygen atoms in total. The van der Waals surface area contributed by atoms with E-state index in [1.807, 2.05) is 19.3 Å². The second-order valence-electron chi connectivity index (χ2n) is 5.62. The molecular formula is C17H19ClFN3O. The number of ether oxygens (including phenoxy) is 1. The van der Waals surface area contributed by atoms with Crippen molar-refractivity contribution in [1.29, 1.82) is 0 Å². The molecule has 0 aliphatic carbocycles. The van der Waals surface area contributed by atoms with Crippen molar-refractivity contribution in [3.8, 4) is 0 Å². The van der Waals surface area contributed by atoms with Crippen LogP contribution in [0.1, 0.15) is 30.0 Å². The van der Waals surface area contributed by atoms with Gasteiger partial charge in [-0.15, -0.1) is 0 Å². The number of benzene rings is 1. The predicted molar refractivity (Wildman–Crippen MR) is 86.8 cm³/mol. The Labute approximate surface area is 140 Å². The molecule has 2 heterocycles. The molecule has 3 rings (SSSR count). The fourth-order valence-electron chi connectivity index (χ4n) is 2.70. The van der Waals surface area contributed by atoms with Crippen molar-refractivity contribution < 1.29 is 9.13 Å². The number of aryl methyl sites for hydroxylation is 1. The Kier molecular flexibility index (Phi) is 5.20. The van der Waals surface area contributed by atoms with Gasteiger partial charge in [0.1, 0.15) is 11.6 Å². The maximum absolute atomic E-state index is 13.2. The first-order chi connectivity index (χ1) is 11.2. The average molecular weight is 336 g/mol. The molecule has 0 amide bonds. The van der Waals surface area contributed by atoms with Gasteiger partial charge in [0.15, 0.2) is 0 Å². The van der Waals surface area contributed by atoms with E-state index in [0.717, 1.165) is 36.5 Å². The molecule has 2 aromatic rings. The first-order valence-corrected chi connectivity index (χ1v) is 8.12. The van der Waals surface area contributed by atoms with Crippen molar-refractivity contribution in [3.63, 3.8) is 0 Å². The predicted octanol–water partition coefficient (Wildman–Crippen LogP) is 3.41. The fraction of sp³-hybridized carbons (Fsp3) is 0.412. The molecule has 0 bridgehead atoms. The smallest absolute Gasteiger partial charge is 0.127 e. The van der Waals surface area contributed by atoms with Gasteiger partial charge in [0.05, 0.1) is 12.7 Å². The Bertz CT molecular complexity index is 665. The van der Waals surface area contributed by atoms with Gasteiger partial charge in [-0.25, -0.2) is 14.4 Å². The van der Waals surface area contributed by atoms with Crippen molar-refractivity contribution in [2.75, 3.05) is 19.7 Å². The topological polar surface area (TPSA) is 38.2 Å². The molecule has 0 radical (unpaired) electrons. The summed E-state index contributed by atoms with van der Waals surface area (Å²) in [6, 6.07) is 4.45. The zero-order chi connectivity index (χ0) is 16.2. The summed E-state index contributed by atoms with van der Waals surface area (Å²) in [7, 11) is 0. The van der Waals surface area contributed by atoms with Crippen LogP contribution in [0.5, 0.6) is 0 Å². The first kappa shape index (κ1) is 16.3. The van der Waals surface area contributed by atoms with Crippen LogP contribution in [0.25, 0.3) is 0 Å². The highest BCUT2D eigenvalue weighted by molar-refractivity contribution is 6.31. The third-order valence-corrected chi connectivity index (χ3v) is 4.27. The Balaban J connectivity index is 1.67. The maximum Gasteiger partial charge on any atom is 0.127 e. The highest BCUT2D eigenvalue weighted by Crippen LogP contribution is 2.29. The summed E-state index contributed by atoms with van der Waals surface area (Å²) in [4.78, 5) is 10.9. The highest BCUT2D eigenvalue weighted by Gasteiger charge is 2.24. The van der Waals surface area contributed by atoms with Crippen LogP contribution in [-0.4, -0.2) is 34.6 Å². The molecule has 1 aliphatic rings. The third-order valence-electron chi connectivity index (χ3n) is 3.94. The normalized spacial score (nSPS) is 19.0. The molecule has 0 saturated carbocycles. The average Bonchev–Trinajstić information content (AvgIpc) is 2.56. The lowest BCUT2D eigenvalue weighted by molar-refractivity contribution is -0.0329. The second kappa shape index (κ2) is 7.34. The van der Waals surface area contributed by atoms with E-state index >= 15 is 0 Å². The van der Waals surface area contributed by atoms with Crippen LogP contribution < -0.4 is 0 Å². The minimum absolute atomic E-state index is 0.146. The number of hydrogen-bond donors (Lipinski definition) is 0. The van der Waals surface area contributed by atoms with E-state index in [4.69, 9.17) is 16.3 Å². The van der Waals surface area contributed by atoms with Gasteiger partial charge in [-0.3, -0.25) is 4.90 Å². The van der Waals surface area contributed by atoms with Gasteiger partial charge < -0.3 is 4.74 Å². The van der Waals surface area contributed by atoms with E-state index in [0.29, 0.717) is 18.2 Å². The lowest BCUT2D eigenvalue weighted by Crippen LogP contribution is -2.38. The molecule has 6 heteroatoms. The number of aromatic nitrogens is 2. The van der Waals surface area contributed by atoms with Gasteiger partial charge in [0.25, 0.3) is 0 Å². The Morgan fingerprint density at radius 3 is 2.83 bits per heavy atom. The van der Waals surface area contributed by atoms with E-state index < -0.39 is 0 Å². The van der Waals surface area contributed by atoms with Gasteiger partial charge in [-0.1, -0.05) is 24.6 Å². The number of nitrogens with zero attached hydrogens (tertiary/aromatic N) is 3. The summed E-state index contributed by atoms with van der Waals surface area (Å²) in [5, 5.41) is 0.410. The van der Waals surface area contributed by atoms with Crippen LogP contribution in [0, 0.1) is 5.82 Å². The van der Waals surface area contributed by atoms with E-state index in [-0.39, 0.29) is 11.9 Å². The molecule has 0 spiro atoms. The standard InChI is InChI=1S/C17H19ClFN3O/c1-2-17-20-8-12(9-21-17)10-22-5-6-23-16(11-22)14-4-3-13(19)7-15(14)18/h3-4,7-9,16H,2,5-6,10-11H2,1H3. The van der Waals surface area contributed by atoms with Crippen LogP contribution in [-0.2, 0) is 17.7 Å². The molecule has 0 N–H and O–H groups in total.